The number of amides is 1. The first kappa shape index (κ1) is 16.8. The number of benzene rings is 1. The number of rotatable bonds is 5. The summed E-state index contributed by atoms with van der Waals surface area (Å²) in [6.07, 6.45) is 2.79. The summed E-state index contributed by atoms with van der Waals surface area (Å²) in [6.45, 7) is 1.84. The summed E-state index contributed by atoms with van der Waals surface area (Å²) in [4.78, 5) is 14.6. The molecule has 1 aromatic rings. The van der Waals surface area contributed by atoms with Crippen molar-refractivity contribution in [1.29, 1.82) is 0 Å². The zero-order valence-electron chi connectivity index (χ0n) is 13.5. The summed E-state index contributed by atoms with van der Waals surface area (Å²) >= 11 is 1.92. The van der Waals surface area contributed by atoms with Crippen LogP contribution < -0.4 is 5.32 Å². The van der Waals surface area contributed by atoms with E-state index in [1.807, 2.05) is 47.0 Å². The fourth-order valence-corrected chi connectivity index (χ4v) is 4.51. The molecule has 0 saturated carbocycles. The van der Waals surface area contributed by atoms with Crippen LogP contribution in [0, 0.1) is 0 Å². The van der Waals surface area contributed by atoms with Crippen molar-refractivity contribution in [3.63, 3.8) is 0 Å². The molecule has 2 N–H and O–H groups in total. The van der Waals surface area contributed by atoms with Crippen LogP contribution in [0.5, 0.6) is 0 Å². The van der Waals surface area contributed by atoms with Gasteiger partial charge in [-0.2, -0.15) is 11.8 Å². The highest BCUT2D eigenvalue weighted by molar-refractivity contribution is 7.99. The van der Waals surface area contributed by atoms with Crippen molar-refractivity contribution in [2.75, 3.05) is 24.6 Å². The second-order valence-corrected chi connectivity index (χ2v) is 7.63. The van der Waals surface area contributed by atoms with Crippen molar-refractivity contribution in [1.82, 2.24) is 10.2 Å². The van der Waals surface area contributed by atoms with Crippen molar-refractivity contribution in [2.24, 2.45) is 0 Å². The minimum absolute atomic E-state index is 0.175. The third-order valence-electron chi connectivity index (χ3n) is 4.80. The number of thioether (sulfide) groups is 1. The minimum Gasteiger partial charge on any atom is -0.388 e. The van der Waals surface area contributed by atoms with Gasteiger partial charge in [0.15, 0.2) is 0 Å². The van der Waals surface area contributed by atoms with Gasteiger partial charge in [-0.3, -0.25) is 4.79 Å². The topological polar surface area (TPSA) is 52.6 Å². The zero-order valence-corrected chi connectivity index (χ0v) is 14.3. The van der Waals surface area contributed by atoms with Gasteiger partial charge in [0.25, 0.3) is 0 Å². The molecule has 0 bridgehead atoms. The molecule has 4 nitrogen and oxygen atoms in total. The molecule has 23 heavy (non-hydrogen) atoms. The van der Waals surface area contributed by atoms with E-state index in [0.29, 0.717) is 18.9 Å². The third kappa shape index (κ3) is 4.49. The highest BCUT2D eigenvalue weighted by Gasteiger charge is 2.31. The van der Waals surface area contributed by atoms with Gasteiger partial charge in [0, 0.05) is 43.1 Å². The van der Waals surface area contributed by atoms with Gasteiger partial charge in [0.05, 0.1) is 6.10 Å². The molecule has 3 unspecified atom stereocenters. The van der Waals surface area contributed by atoms with Crippen LogP contribution in [0.4, 0.5) is 0 Å². The number of likely N-dealkylation sites (tertiary alicyclic amines) is 1. The van der Waals surface area contributed by atoms with Gasteiger partial charge in [0.1, 0.15) is 0 Å². The maximum absolute atomic E-state index is 12.6. The van der Waals surface area contributed by atoms with Gasteiger partial charge < -0.3 is 15.3 Å². The first-order valence-electron chi connectivity index (χ1n) is 8.57. The van der Waals surface area contributed by atoms with Gasteiger partial charge in [-0.1, -0.05) is 30.3 Å². The summed E-state index contributed by atoms with van der Waals surface area (Å²) in [6, 6.07) is 10.2. The predicted octanol–water partition coefficient (Wildman–Crippen LogP) is 2.20. The number of hydrogen-bond donors (Lipinski definition) is 2. The van der Waals surface area contributed by atoms with Crippen molar-refractivity contribution >= 4 is 17.7 Å². The number of nitrogens with zero attached hydrogens (tertiary/aromatic N) is 1. The number of carbonyl (C=O) groups is 1. The Kier molecular flexibility index (Phi) is 5.97. The fraction of sp³-hybridized carbons (Fsp3) is 0.611. The van der Waals surface area contributed by atoms with Crippen molar-refractivity contribution in [3.8, 4) is 0 Å². The molecule has 1 aromatic carbocycles. The Hall–Kier alpha value is -1.04. The lowest BCUT2D eigenvalue weighted by molar-refractivity contribution is -0.132. The van der Waals surface area contributed by atoms with Crippen LogP contribution in [0.25, 0.3) is 0 Å². The molecule has 0 aromatic heterocycles. The molecule has 2 heterocycles. The Bertz CT molecular complexity index is 505. The third-order valence-corrected chi connectivity index (χ3v) is 5.93. The van der Waals surface area contributed by atoms with Crippen molar-refractivity contribution < 1.29 is 9.90 Å². The van der Waals surface area contributed by atoms with E-state index in [1.165, 1.54) is 0 Å². The Balaban J connectivity index is 1.55. The zero-order chi connectivity index (χ0) is 16.1. The van der Waals surface area contributed by atoms with Crippen LogP contribution in [-0.4, -0.2) is 52.6 Å². The second kappa shape index (κ2) is 8.18. The van der Waals surface area contributed by atoms with Gasteiger partial charge in [-0.15, -0.1) is 0 Å². The van der Waals surface area contributed by atoms with Crippen LogP contribution in [-0.2, 0) is 4.79 Å². The summed E-state index contributed by atoms with van der Waals surface area (Å²) in [5.74, 6) is 2.41. The average Bonchev–Trinajstić information content (AvgIpc) is 3.05. The average molecular weight is 334 g/mol. The lowest BCUT2D eigenvalue weighted by Gasteiger charge is -2.29. The number of carbonyl (C=O) groups excluding carboxylic acids is 1. The van der Waals surface area contributed by atoms with E-state index in [9.17, 15) is 9.90 Å². The van der Waals surface area contributed by atoms with Crippen LogP contribution >= 0.6 is 11.8 Å². The van der Waals surface area contributed by atoms with E-state index in [2.05, 4.69) is 5.32 Å². The van der Waals surface area contributed by atoms with E-state index in [0.717, 1.165) is 43.0 Å². The molecule has 5 heteroatoms. The van der Waals surface area contributed by atoms with E-state index >= 15 is 0 Å². The standard InChI is InChI=1S/C18H26N2O2S/c21-17(14-5-2-1-3-6-14)12-16-7-4-9-20(16)18(22)11-15-13-23-10-8-19-15/h1-3,5-6,15-17,19,21H,4,7-13H2. The summed E-state index contributed by atoms with van der Waals surface area (Å²) in [7, 11) is 0. The molecule has 2 fully saturated rings. The first-order chi connectivity index (χ1) is 11.2. The highest BCUT2D eigenvalue weighted by Crippen LogP contribution is 2.28. The van der Waals surface area contributed by atoms with Gasteiger partial charge in [-0.05, 0) is 24.8 Å². The minimum atomic E-state index is -0.488. The largest absolute Gasteiger partial charge is 0.388 e. The molecule has 126 valence electrons. The van der Waals surface area contributed by atoms with E-state index in [4.69, 9.17) is 0 Å². The lowest BCUT2D eigenvalue weighted by atomic mass is 10.0. The van der Waals surface area contributed by atoms with Crippen LogP contribution in [0.15, 0.2) is 30.3 Å². The second-order valence-electron chi connectivity index (χ2n) is 6.48. The van der Waals surface area contributed by atoms with Crippen LogP contribution in [0.1, 0.15) is 37.4 Å². The normalized spacial score (nSPS) is 26.2. The van der Waals surface area contributed by atoms with Crippen molar-refractivity contribution in [3.05, 3.63) is 35.9 Å². The summed E-state index contributed by atoms with van der Waals surface area (Å²) in [5, 5.41) is 13.9. The van der Waals surface area contributed by atoms with Gasteiger partial charge in [0.2, 0.25) is 5.91 Å². The maximum Gasteiger partial charge on any atom is 0.224 e. The molecule has 2 aliphatic rings. The Morgan fingerprint density at radius 2 is 2.22 bits per heavy atom. The Labute approximate surface area is 142 Å². The SMILES string of the molecule is O=C(CC1CSCCN1)N1CCCC1CC(O)c1ccccc1. The van der Waals surface area contributed by atoms with E-state index in [-0.39, 0.29) is 11.9 Å². The molecular weight excluding hydrogens is 308 g/mol. The van der Waals surface area contributed by atoms with Gasteiger partial charge in [-0.25, -0.2) is 0 Å². The molecule has 3 rings (SSSR count). The van der Waals surface area contributed by atoms with Crippen LogP contribution in [0.2, 0.25) is 0 Å². The predicted molar refractivity (Wildman–Crippen MR) is 94.5 cm³/mol. The molecular formula is C18H26N2O2S. The number of aliphatic hydroxyl groups excluding tert-OH is 1. The molecule has 2 aliphatic heterocycles. The quantitative estimate of drug-likeness (QED) is 0.867. The Morgan fingerprint density at radius 3 is 2.96 bits per heavy atom. The maximum atomic E-state index is 12.6. The van der Waals surface area contributed by atoms with E-state index in [1.54, 1.807) is 0 Å². The smallest absolute Gasteiger partial charge is 0.224 e. The molecule has 0 spiro atoms. The lowest BCUT2D eigenvalue weighted by Crippen LogP contribution is -2.44. The molecule has 1 amide bonds. The highest BCUT2D eigenvalue weighted by atomic mass is 32.2. The summed E-state index contributed by atoms with van der Waals surface area (Å²) < 4.78 is 0. The Morgan fingerprint density at radius 1 is 1.39 bits per heavy atom. The molecule has 3 atom stereocenters. The molecule has 0 radical (unpaired) electrons. The van der Waals surface area contributed by atoms with Gasteiger partial charge >= 0.3 is 0 Å². The molecule has 0 aliphatic carbocycles. The first-order valence-corrected chi connectivity index (χ1v) is 9.73. The van der Waals surface area contributed by atoms with Crippen LogP contribution in [0.3, 0.4) is 0 Å². The summed E-state index contributed by atoms with van der Waals surface area (Å²) in [5.41, 5.74) is 0.942. The number of aliphatic hydroxyl groups is 1. The van der Waals surface area contributed by atoms with Crippen molar-refractivity contribution in [2.45, 2.75) is 43.9 Å². The fourth-order valence-electron chi connectivity index (χ4n) is 3.56. The number of hydrogen-bond acceptors (Lipinski definition) is 4. The molecule has 2 saturated heterocycles. The van der Waals surface area contributed by atoms with E-state index < -0.39 is 6.10 Å². The number of nitrogens with one attached hydrogen (secondary N) is 1. The monoisotopic (exact) mass is 334 g/mol.